The third-order valence-corrected chi connectivity index (χ3v) is 3.32. The zero-order valence-corrected chi connectivity index (χ0v) is 11.0. The van der Waals surface area contributed by atoms with Gasteiger partial charge in [0.25, 0.3) is 0 Å². The molecule has 1 fully saturated rings. The van der Waals surface area contributed by atoms with Crippen LogP contribution in [0.4, 0.5) is 4.79 Å². The molecule has 6 heteroatoms. The van der Waals surface area contributed by atoms with E-state index in [1.807, 2.05) is 13.1 Å². The Labute approximate surface area is 112 Å². The van der Waals surface area contributed by atoms with Gasteiger partial charge in [-0.25, -0.2) is 4.79 Å². The molecule has 2 rings (SSSR count). The SMILES string of the molecule is C=CCOC(=O)N1C[C@H](O)C[C@H]1Cc1ccnn1C. The van der Waals surface area contributed by atoms with Crippen molar-refractivity contribution in [2.45, 2.75) is 25.0 Å². The summed E-state index contributed by atoms with van der Waals surface area (Å²) in [7, 11) is 1.86. The van der Waals surface area contributed by atoms with Crippen LogP contribution in [-0.2, 0) is 18.2 Å². The normalized spacial score (nSPS) is 22.5. The lowest BCUT2D eigenvalue weighted by Crippen LogP contribution is -2.38. The fourth-order valence-corrected chi connectivity index (χ4v) is 2.37. The van der Waals surface area contributed by atoms with Crippen molar-refractivity contribution in [1.29, 1.82) is 0 Å². The second-order valence-electron chi connectivity index (χ2n) is 4.71. The highest BCUT2D eigenvalue weighted by molar-refractivity contribution is 5.68. The van der Waals surface area contributed by atoms with Crippen LogP contribution < -0.4 is 0 Å². The van der Waals surface area contributed by atoms with E-state index in [9.17, 15) is 9.90 Å². The van der Waals surface area contributed by atoms with Crippen LogP contribution in [0.2, 0.25) is 0 Å². The average Bonchev–Trinajstić information content (AvgIpc) is 2.94. The highest BCUT2D eigenvalue weighted by Gasteiger charge is 2.35. The number of ether oxygens (including phenoxy) is 1. The molecule has 0 saturated carbocycles. The second kappa shape index (κ2) is 5.88. The zero-order valence-electron chi connectivity index (χ0n) is 11.0. The molecule has 1 N–H and O–H groups in total. The van der Waals surface area contributed by atoms with Crippen LogP contribution >= 0.6 is 0 Å². The number of carbonyl (C=O) groups excluding carboxylic acids is 1. The highest BCUT2D eigenvalue weighted by atomic mass is 16.6. The Kier molecular flexibility index (Phi) is 4.21. The summed E-state index contributed by atoms with van der Waals surface area (Å²) in [6.07, 6.45) is 3.59. The molecule has 0 bridgehead atoms. The summed E-state index contributed by atoms with van der Waals surface area (Å²) in [4.78, 5) is 13.5. The fourth-order valence-electron chi connectivity index (χ4n) is 2.37. The van der Waals surface area contributed by atoms with E-state index in [1.54, 1.807) is 15.8 Å². The van der Waals surface area contributed by atoms with E-state index in [4.69, 9.17) is 4.74 Å². The van der Waals surface area contributed by atoms with Gasteiger partial charge in [0.2, 0.25) is 0 Å². The second-order valence-corrected chi connectivity index (χ2v) is 4.71. The number of hydrogen-bond donors (Lipinski definition) is 1. The number of amides is 1. The molecule has 1 amide bonds. The van der Waals surface area contributed by atoms with Gasteiger partial charge in [-0.15, -0.1) is 0 Å². The van der Waals surface area contributed by atoms with Gasteiger partial charge in [0.05, 0.1) is 12.6 Å². The third-order valence-electron chi connectivity index (χ3n) is 3.32. The van der Waals surface area contributed by atoms with Crippen LogP contribution in [0.1, 0.15) is 12.1 Å². The molecule has 0 radical (unpaired) electrons. The van der Waals surface area contributed by atoms with Crippen LogP contribution in [0.25, 0.3) is 0 Å². The number of aryl methyl sites for hydroxylation is 1. The van der Waals surface area contributed by atoms with Crippen LogP contribution in [0.5, 0.6) is 0 Å². The first-order chi connectivity index (χ1) is 9.11. The number of aliphatic hydroxyl groups is 1. The van der Waals surface area contributed by atoms with Crippen LogP contribution in [0, 0.1) is 0 Å². The molecule has 0 unspecified atom stereocenters. The van der Waals surface area contributed by atoms with Gasteiger partial charge in [-0.2, -0.15) is 5.10 Å². The van der Waals surface area contributed by atoms with Gasteiger partial charge < -0.3 is 14.7 Å². The number of aromatic nitrogens is 2. The molecule has 1 aliphatic heterocycles. The van der Waals surface area contributed by atoms with Gasteiger partial charge >= 0.3 is 6.09 Å². The summed E-state index contributed by atoms with van der Waals surface area (Å²) in [5, 5.41) is 13.9. The van der Waals surface area contributed by atoms with Crippen molar-refractivity contribution >= 4 is 6.09 Å². The first kappa shape index (κ1) is 13.6. The average molecular weight is 265 g/mol. The molecular weight excluding hydrogens is 246 g/mol. The van der Waals surface area contributed by atoms with E-state index >= 15 is 0 Å². The van der Waals surface area contributed by atoms with Gasteiger partial charge in [-0.3, -0.25) is 4.68 Å². The lowest BCUT2D eigenvalue weighted by molar-refractivity contribution is 0.102. The molecule has 1 saturated heterocycles. The molecule has 104 valence electrons. The predicted molar refractivity (Wildman–Crippen MR) is 69.6 cm³/mol. The molecule has 1 aromatic heterocycles. The Hall–Kier alpha value is -1.82. The number of aliphatic hydroxyl groups excluding tert-OH is 1. The molecule has 2 atom stereocenters. The summed E-state index contributed by atoms with van der Waals surface area (Å²) >= 11 is 0. The van der Waals surface area contributed by atoms with Crippen molar-refractivity contribution in [3.8, 4) is 0 Å². The first-order valence-electron chi connectivity index (χ1n) is 6.31. The zero-order chi connectivity index (χ0) is 13.8. The first-order valence-corrected chi connectivity index (χ1v) is 6.31. The Bertz CT molecular complexity index is 458. The van der Waals surface area contributed by atoms with Gasteiger partial charge in [-0.05, 0) is 12.5 Å². The quantitative estimate of drug-likeness (QED) is 0.815. The van der Waals surface area contributed by atoms with Gasteiger partial charge in [0.15, 0.2) is 0 Å². The molecule has 19 heavy (non-hydrogen) atoms. The largest absolute Gasteiger partial charge is 0.445 e. The van der Waals surface area contributed by atoms with Crippen molar-refractivity contribution in [2.24, 2.45) is 7.05 Å². The van der Waals surface area contributed by atoms with Gasteiger partial charge in [0.1, 0.15) is 6.61 Å². The van der Waals surface area contributed by atoms with Crippen LogP contribution in [0.15, 0.2) is 24.9 Å². The Morgan fingerprint density at radius 3 is 3.16 bits per heavy atom. The molecule has 2 heterocycles. The Morgan fingerprint density at radius 1 is 1.74 bits per heavy atom. The smallest absolute Gasteiger partial charge is 0.410 e. The minimum Gasteiger partial charge on any atom is -0.445 e. The summed E-state index contributed by atoms with van der Waals surface area (Å²) < 4.78 is 6.81. The van der Waals surface area contributed by atoms with E-state index in [2.05, 4.69) is 11.7 Å². The minimum absolute atomic E-state index is 0.0530. The molecular formula is C13H19N3O3. The number of carbonyl (C=O) groups is 1. The lowest BCUT2D eigenvalue weighted by atomic mass is 10.1. The van der Waals surface area contributed by atoms with Crippen molar-refractivity contribution < 1.29 is 14.6 Å². The minimum atomic E-state index is -0.491. The van der Waals surface area contributed by atoms with Gasteiger partial charge in [-0.1, -0.05) is 12.7 Å². The number of nitrogens with zero attached hydrogens (tertiary/aromatic N) is 3. The maximum Gasteiger partial charge on any atom is 0.410 e. The number of rotatable bonds is 4. The number of hydrogen-bond acceptors (Lipinski definition) is 4. The van der Waals surface area contributed by atoms with E-state index in [0.717, 1.165) is 5.69 Å². The van der Waals surface area contributed by atoms with E-state index in [1.165, 1.54) is 6.08 Å². The summed E-state index contributed by atoms with van der Waals surface area (Å²) in [6, 6.07) is 1.86. The van der Waals surface area contributed by atoms with Crippen molar-refractivity contribution in [2.75, 3.05) is 13.2 Å². The summed E-state index contributed by atoms with van der Waals surface area (Å²) in [5.41, 5.74) is 1.03. The molecule has 6 nitrogen and oxygen atoms in total. The van der Waals surface area contributed by atoms with E-state index in [0.29, 0.717) is 19.4 Å². The Balaban J connectivity index is 2.03. The standard InChI is InChI=1S/C13H19N3O3/c1-3-6-19-13(18)16-9-12(17)8-11(16)7-10-4-5-14-15(10)2/h3-5,11-12,17H,1,6-9H2,2H3/t11-,12-/m1/s1. The van der Waals surface area contributed by atoms with Crippen molar-refractivity contribution in [1.82, 2.24) is 14.7 Å². The summed E-state index contributed by atoms with van der Waals surface area (Å²) in [6.45, 7) is 4.01. The predicted octanol–water partition coefficient (Wildman–Crippen LogP) is 0.720. The van der Waals surface area contributed by atoms with E-state index in [-0.39, 0.29) is 12.6 Å². The van der Waals surface area contributed by atoms with E-state index < -0.39 is 12.2 Å². The van der Waals surface area contributed by atoms with Crippen LogP contribution in [-0.4, -0.2) is 51.2 Å². The number of β-amino-alcohol motifs (C(OH)–C–C–N with tert-alkyl or cyclic N) is 1. The van der Waals surface area contributed by atoms with Gasteiger partial charge in [0, 0.05) is 31.4 Å². The molecule has 1 aromatic rings. The molecule has 0 aliphatic carbocycles. The van der Waals surface area contributed by atoms with Crippen molar-refractivity contribution in [3.05, 3.63) is 30.6 Å². The third kappa shape index (κ3) is 3.14. The topological polar surface area (TPSA) is 67.6 Å². The van der Waals surface area contributed by atoms with Crippen LogP contribution in [0.3, 0.4) is 0 Å². The highest BCUT2D eigenvalue weighted by Crippen LogP contribution is 2.22. The molecule has 0 aromatic carbocycles. The van der Waals surface area contributed by atoms with Crippen molar-refractivity contribution in [3.63, 3.8) is 0 Å². The molecule has 1 aliphatic rings. The molecule has 0 spiro atoms. The Morgan fingerprint density at radius 2 is 2.53 bits per heavy atom. The number of likely N-dealkylation sites (tertiary alicyclic amines) is 1. The monoisotopic (exact) mass is 265 g/mol. The maximum absolute atomic E-state index is 11.9. The summed E-state index contributed by atoms with van der Waals surface area (Å²) in [5.74, 6) is 0. The maximum atomic E-state index is 11.9. The lowest BCUT2D eigenvalue weighted by Gasteiger charge is -2.23. The fraction of sp³-hybridized carbons (Fsp3) is 0.538.